The highest BCUT2D eigenvalue weighted by atomic mass is 35.5. The van der Waals surface area contributed by atoms with Gasteiger partial charge in [-0.25, -0.2) is 14.4 Å². The summed E-state index contributed by atoms with van der Waals surface area (Å²) in [5.41, 5.74) is 3.91. The van der Waals surface area contributed by atoms with Crippen molar-refractivity contribution in [3.05, 3.63) is 42.2 Å². The number of aromatic nitrogens is 4. The number of anilines is 1. The number of halogens is 2. The van der Waals surface area contributed by atoms with Crippen molar-refractivity contribution in [2.24, 2.45) is 0 Å². The van der Waals surface area contributed by atoms with Crippen LogP contribution in [0.3, 0.4) is 0 Å². The number of hydrogen-bond acceptors (Lipinski definition) is 6. The van der Waals surface area contributed by atoms with Crippen molar-refractivity contribution in [1.29, 1.82) is 0 Å². The first-order chi connectivity index (χ1) is 15.2. The molecule has 4 aromatic heterocycles. The lowest BCUT2D eigenvalue weighted by Crippen LogP contribution is -2.58. The summed E-state index contributed by atoms with van der Waals surface area (Å²) in [6.45, 7) is 6.56. The quantitative estimate of drug-likeness (QED) is 0.421. The molecule has 1 N–H and O–H groups in total. The second-order valence-electron chi connectivity index (χ2n) is 10.1. The van der Waals surface area contributed by atoms with Crippen LogP contribution in [0.4, 0.5) is 9.52 Å². The zero-order valence-electron chi connectivity index (χ0n) is 19.2. The number of piperidine rings is 1. The molecule has 2 bridgehead atoms. The van der Waals surface area contributed by atoms with Gasteiger partial charge in [0, 0.05) is 42.1 Å². The Morgan fingerprint density at radius 3 is 2.61 bits per heavy atom. The van der Waals surface area contributed by atoms with Crippen LogP contribution in [0.15, 0.2) is 30.7 Å². The zero-order chi connectivity index (χ0) is 22.3. The molecule has 0 aliphatic carbocycles. The average Bonchev–Trinajstić information content (AvgIpc) is 3.39. The Bertz CT molecular complexity index is 1350. The number of rotatable bonds is 3. The number of nitrogens with zero attached hydrogens (tertiary/aromatic N) is 5. The highest BCUT2D eigenvalue weighted by Crippen LogP contribution is 2.44. The van der Waals surface area contributed by atoms with Crippen molar-refractivity contribution in [3.63, 3.8) is 0 Å². The van der Waals surface area contributed by atoms with Gasteiger partial charge in [0.25, 0.3) is 0 Å². The first-order valence-electron chi connectivity index (χ1n) is 11.1. The van der Waals surface area contributed by atoms with Gasteiger partial charge in [0.15, 0.2) is 16.6 Å². The molecule has 2 saturated heterocycles. The van der Waals surface area contributed by atoms with Gasteiger partial charge in [-0.2, -0.15) is 0 Å². The number of thiazole rings is 1. The molecule has 1 unspecified atom stereocenters. The summed E-state index contributed by atoms with van der Waals surface area (Å²) >= 11 is 1.68. The van der Waals surface area contributed by atoms with Gasteiger partial charge < -0.3 is 14.6 Å². The van der Waals surface area contributed by atoms with E-state index >= 15 is 0 Å². The van der Waals surface area contributed by atoms with Gasteiger partial charge in [0.05, 0.1) is 22.3 Å². The number of nitrogens with one attached hydrogen (secondary N) is 1. The number of aryl methyl sites for hydroxylation is 1. The summed E-state index contributed by atoms with van der Waals surface area (Å²) in [4.78, 5) is 16.1. The molecule has 2 fully saturated rings. The Kier molecular flexibility index (Phi) is 5.19. The van der Waals surface area contributed by atoms with Gasteiger partial charge in [0.2, 0.25) is 0 Å². The molecular weight excluding hydrogens is 459 g/mol. The molecule has 3 atom stereocenters. The average molecular weight is 487 g/mol. The van der Waals surface area contributed by atoms with E-state index in [4.69, 9.17) is 4.98 Å². The van der Waals surface area contributed by atoms with Crippen LogP contribution in [0.2, 0.25) is 0 Å². The number of hydrogen-bond donors (Lipinski definition) is 1. The molecule has 0 radical (unpaired) electrons. The van der Waals surface area contributed by atoms with Crippen molar-refractivity contribution in [1.82, 2.24) is 24.7 Å². The Labute approximate surface area is 202 Å². The standard InChI is InChI=1S/C24H27FN6S.ClH/c1-14-12-31-13-15(7-17(25)21(31)27-14)18-8-20-19(11-26-18)28-22(32-20)30(4)16-9-23(2)5-6-24(3,10-16)29-23;/h7-8,11-13,16,29H,5-6,9-10H2,1-4H3;1H/t16?,23-,24+;. The monoisotopic (exact) mass is 486 g/mol. The SMILES string of the molecule is Cc1cn2cc(-c3cc4sc(N(C)C5C[C@]6(C)CC[C@](C)(C5)N6)nc4cn3)cc(F)c2n1.Cl. The largest absolute Gasteiger partial charge is 0.348 e. The van der Waals surface area contributed by atoms with E-state index in [2.05, 4.69) is 41.1 Å². The second-order valence-corrected chi connectivity index (χ2v) is 11.2. The van der Waals surface area contributed by atoms with Crippen molar-refractivity contribution in [3.8, 4) is 11.3 Å². The van der Waals surface area contributed by atoms with E-state index in [1.54, 1.807) is 21.9 Å². The minimum Gasteiger partial charge on any atom is -0.348 e. The maximum absolute atomic E-state index is 14.6. The molecule has 9 heteroatoms. The van der Waals surface area contributed by atoms with Crippen LogP contribution in [0.25, 0.3) is 27.1 Å². The lowest BCUT2D eigenvalue weighted by atomic mass is 9.84. The van der Waals surface area contributed by atoms with Crippen LogP contribution < -0.4 is 10.2 Å². The van der Waals surface area contributed by atoms with Crippen LogP contribution in [-0.2, 0) is 0 Å². The van der Waals surface area contributed by atoms with Gasteiger partial charge in [0.1, 0.15) is 5.52 Å². The minimum atomic E-state index is -0.343. The molecule has 6 nitrogen and oxygen atoms in total. The molecule has 6 heterocycles. The van der Waals surface area contributed by atoms with Gasteiger partial charge in [-0.3, -0.25) is 4.98 Å². The molecule has 2 aliphatic rings. The number of fused-ring (bicyclic) bond motifs is 4. The first-order valence-corrected chi connectivity index (χ1v) is 12.0. The van der Waals surface area contributed by atoms with E-state index in [1.165, 1.54) is 18.9 Å². The Balaban J connectivity index is 0.00000228. The van der Waals surface area contributed by atoms with Crippen LogP contribution in [-0.4, -0.2) is 43.5 Å². The number of imidazole rings is 1. The van der Waals surface area contributed by atoms with Crippen molar-refractivity contribution in [2.75, 3.05) is 11.9 Å². The van der Waals surface area contributed by atoms with Crippen molar-refractivity contribution >= 4 is 44.7 Å². The summed E-state index contributed by atoms with van der Waals surface area (Å²) in [5, 5.41) is 4.88. The summed E-state index contributed by atoms with van der Waals surface area (Å²) in [5.74, 6) is -0.343. The van der Waals surface area contributed by atoms with E-state index in [0.717, 1.165) is 45.1 Å². The Morgan fingerprint density at radius 1 is 1.15 bits per heavy atom. The third-order valence-electron chi connectivity index (χ3n) is 7.24. The lowest BCUT2D eigenvalue weighted by molar-refractivity contribution is 0.208. The summed E-state index contributed by atoms with van der Waals surface area (Å²) in [6, 6.07) is 3.99. The number of pyridine rings is 2. The zero-order valence-corrected chi connectivity index (χ0v) is 20.9. The van der Waals surface area contributed by atoms with Gasteiger partial charge >= 0.3 is 0 Å². The van der Waals surface area contributed by atoms with Crippen LogP contribution in [0.5, 0.6) is 0 Å². The molecule has 0 spiro atoms. The molecule has 4 aromatic rings. The molecular formula is C24H28ClFN6S. The third-order valence-corrected chi connectivity index (χ3v) is 8.35. The fraction of sp³-hybridized carbons (Fsp3) is 0.458. The molecule has 6 rings (SSSR count). The fourth-order valence-electron chi connectivity index (χ4n) is 5.70. The summed E-state index contributed by atoms with van der Waals surface area (Å²) < 4.78 is 17.4. The summed E-state index contributed by atoms with van der Waals surface area (Å²) in [6.07, 6.45) is 10.2. The molecule has 0 amide bonds. The van der Waals surface area contributed by atoms with Crippen LogP contribution in [0.1, 0.15) is 45.2 Å². The van der Waals surface area contributed by atoms with E-state index in [1.807, 2.05) is 25.4 Å². The predicted octanol–water partition coefficient (Wildman–Crippen LogP) is 5.37. The van der Waals surface area contributed by atoms with Gasteiger partial charge in [-0.05, 0) is 58.6 Å². The highest BCUT2D eigenvalue weighted by molar-refractivity contribution is 7.22. The molecule has 0 saturated carbocycles. The lowest BCUT2D eigenvalue weighted by Gasteiger charge is -2.45. The van der Waals surface area contributed by atoms with E-state index in [0.29, 0.717) is 11.7 Å². The first kappa shape index (κ1) is 22.5. The smallest absolute Gasteiger partial charge is 0.186 e. The topological polar surface area (TPSA) is 58.4 Å². The maximum Gasteiger partial charge on any atom is 0.186 e. The van der Waals surface area contributed by atoms with Crippen molar-refractivity contribution < 1.29 is 4.39 Å². The normalized spacial score (nSPS) is 26.6. The second kappa shape index (κ2) is 7.61. The summed E-state index contributed by atoms with van der Waals surface area (Å²) in [7, 11) is 2.17. The van der Waals surface area contributed by atoms with Crippen LogP contribution >= 0.6 is 23.7 Å². The third kappa shape index (κ3) is 3.78. The molecule has 2 aliphatic heterocycles. The Hall–Kier alpha value is -2.29. The van der Waals surface area contributed by atoms with Gasteiger partial charge in [-0.15, -0.1) is 12.4 Å². The molecule has 174 valence electrons. The molecule has 0 aromatic carbocycles. The minimum absolute atomic E-state index is 0. The highest BCUT2D eigenvalue weighted by Gasteiger charge is 2.49. The maximum atomic E-state index is 14.6. The van der Waals surface area contributed by atoms with Crippen LogP contribution in [0, 0.1) is 12.7 Å². The van der Waals surface area contributed by atoms with Gasteiger partial charge in [-0.1, -0.05) is 11.3 Å². The molecule has 33 heavy (non-hydrogen) atoms. The van der Waals surface area contributed by atoms with E-state index in [9.17, 15) is 4.39 Å². The predicted molar refractivity (Wildman–Crippen MR) is 134 cm³/mol. The fourth-order valence-corrected chi connectivity index (χ4v) is 6.71. The van der Waals surface area contributed by atoms with Crippen molar-refractivity contribution in [2.45, 2.75) is 63.6 Å². The Morgan fingerprint density at radius 2 is 1.88 bits per heavy atom. The van der Waals surface area contributed by atoms with E-state index in [-0.39, 0.29) is 29.3 Å². The van der Waals surface area contributed by atoms with E-state index < -0.39 is 0 Å².